The summed E-state index contributed by atoms with van der Waals surface area (Å²) < 4.78 is 0. The van der Waals surface area contributed by atoms with Crippen LogP contribution in [-0.2, 0) is 4.79 Å². The van der Waals surface area contributed by atoms with Crippen molar-refractivity contribution < 1.29 is 9.90 Å². The number of anilines is 1. The van der Waals surface area contributed by atoms with Gasteiger partial charge in [-0.2, -0.15) is 5.10 Å². The van der Waals surface area contributed by atoms with Crippen molar-refractivity contribution in [2.24, 2.45) is 0 Å². The van der Waals surface area contributed by atoms with Gasteiger partial charge in [0.15, 0.2) is 0 Å². The van der Waals surface area contributed by atoms with Crippen LogP contribution in [0.3, 0.4) is 0 Å². The minimum Gasteiger partial charge on any atom is -0.508 e. The largest absolute Gasteiger partial charge is 0.508 e. The molecular weight excluding hydrogens is 218 g/mol. The molecule has 2 heterocycles. The van der Waals surface area contributed by atoms with Gasteiger partial charge in [0.05, 0.1) is 6.20 Å². The van der Waals surface area contributed by atoms with Crippen molar-refractivity contribution >= 4 is 11.7 Å². The van der Waals surface area contributed by atoms with Gasteiger partial charge in [-0.15, -0.1) is 0 Å². The van der Waals surface area contributed by atoms with Gasteiger partial charge in [0.25, 0.3) is 0 Å². The van der Waals surface area contributed by atoms with E-state index >= 15 is 0 Å². The smallest absolute Gasteiger partial charge is 0.226 e. The number of aromatic hydroxyl groups is 1. The highest BCUT2D eigenvalue weighted by atomic mass is 16.3. The predicted octanol–water partition coefficient (Wildman–Crippen LogP) is 1.59. The normalized spacial score (nSPS) is 18.6. The summed E-state index contributed by atoms with van der Waals surface area (Å²) in [5.41, 5.74) is 1.98. The number of rotatable bonds is 1. The number of aromatic nitrogens is 2. The molecule has 0 bridgehead atoms. The quantitative estimate of drug-likeness (QED) is 0.694. The van der Waals surface area contributed by atoms with Gasteiger partial charge in [-0.1, -0.05) is 12.1 Å². The van der Waals surface area contributed by atoms with Crippen LogP contribution >= 0.6 is 0 Å². The van der Waals surface area contributed by atoms with Gasteiger partial charge in [0.1, 0.15) is 11.6 Å². The van der Waals surface area contributed by atoms with Crippen LogP contribution in [0.15, 0.2) is 30.5 Å². The van der Waals surface area contributed by atoms with E-state index in [2.05, 4.69) is 15.5 Å². The Labute approximate surface area is 97.5 Å². The van der Waals surface area contributed by atoms with Crippen LogP contribution in [-0.4, -0.2) is 21.2 Å². The highest BCUT2D eigenvalue weighted by Gasteiger charge is 2.27. The number of benzene rings is 1. The van der Waals surface area contributed by atoms with Crippen LogP contribution in [0.2, 0.25) is 0 Å². The number of nitrogens with one attached hydrogen (secondary N) is 2. The molecule has 0 fully saturated rings. The number of amides is 1. The Morgan fingerprint density at radius 3 is 2.82 bits per heavy atom. The summed E-state index contributed by atoms with van der Waals surface area (Å²) in [7, 11) is 0. The van der Waals surface area contributed by atoms with E-state index in [1.54, 1.807) is 18.3 Å². The first-order valence-corrected chi connectivity index (χ1v) is 5.36. The van der Waals surface area contributed by atoms with Gasteiger partial charge in [-0.05, 0) is 17.7 Å². The first-order chi connectivity index (χ1) is 8.24. The third-order valence-electron chi connectivity index (χ3n) is 2.99. The van der Waals surface area contributed by atoms with Crippen LogP contribution in [0.25, 0.3) is 0 Å². The Hall–Kier alpha value is -2.30. The van der Waals surface area contributed by atoms with Gasteiger partial charge in [-0.3, -0.25) is 9.89 Å². The summed E-state index contributed by atoms with van der Waals surface area (Å²) in [6.07, 6.45) is 2.13. The highest BCUT2D eigenvalue weighted by Crippen LogP contribution is 2.35. The van der Waals surface area contributed by atoms with Crippen LogP contribution in [0.1, 0.15) is 23.5 Å². The van der Waals surface area contributed by atoms with E-state index in [1.807, 2.05) is 12.1 Å². The second-order valence-corrected chi connectivity index (χ2v) is 4.10. The van der Waals surface area contributed by atoms with E-state index in [-0.39, 0.29) is 17.6 Å². The molecule has 0 saturated heterocycles. The molecule has 3 rings (SSSR count). The fourth-order valence-electron chi connectivity index (χ4n) is 2.15. The van der Waals surface area contributed by atoms with Crippen molar-refractivity contribution in [1.82, 2.24) is 10.2 Å². The van der Waals surface area contributed by atoms with Crippen molar-refractivity contribution in [1.29, 1.82) is 0 Å². The summed E-state index contributed by atoms with van der Waals surface area (Å²) in [6, 6.07) is 6.91. The number of hydrogen-bond acceptors (Lipinski definition) is 3. The summed E-state index contributed by atoms with van der Waals surface area (Å²) in [5.74, 6) is 0.860. The number of carbonyl (C=O) groups is 1. The van der Waals surface area contributed by atoms with Gasteiger partial charge >= 0.3 is 0 Å². The molecule has 5 heteroatoms. The maximum absolute atomic E-state index is 11.6. The fraction of sp³-hybridized carbons (Fsp3) is 0.167. The summed E-state index contributed by atoms with van der Waals surface area (Å²) in [4.78, 5) is 11.6. The highest BCUT2D eigenvalue weighted by molar-refractivity contribution is 5.94. The maximum atomic E-state index is 11.6. The Morgan fingerprint density at radius 2 is 2.06 bits per heavy atom. The van der Waals surface area contributed by atoms with Crippen LogP contribution in [0.4, 0.5) is 5.82 Å². The minimum absolute atomic E-state index is 0.00176. The van der Waals surface area contributed by atoms with E-state index < -0.39 is 0 Å². The van der Waals surface area contributed by atoms with Gasteiger partial charge in [-0.25, -0.2) is 0 Å². The molecule has 5 nitrogen and oxygen atoms in total. The van der Waals surface area contributed by atoms with Crippen molar-refractivity contribution in [3.8, 4) is 5.75 Å². The molecule has 1 aromatic heterocycles. The molecule has 3 N–H and O–H groups in total. The molecule has 17 heavy (non-hydrogen) atoms. The predicted molar refractivity (Wildman–Crippen MR) is 61.8 cm³/mol. The number of fused-ring (bicyclic) bond motifs is 1. The molecule has 1 aliphatic rings. The number of carbonyl (C=O) groups excluding carboxylic acids is 1. The monoisotopic (exact) mass is 229 g/mol. The molecule has 1 amide bonds. The number of hydrogen-bond donors (Lipinski definition) is 3. The molecule has 0 aliphatic carbocycles. The fourth-order valence-corrected chi connectivity index (χ4v) is 2.15. The number of phenolic OH excluding ortho intramolecular Hbond substituents is 1. The van der Waals surface area contributed by atoms with Gasteiger partial charge in [0.2, 0.25) is 5.91 Å². The standard InChI is InChI=1S/C12H11N3O2/c16-8-3-1-7(2-4-8)9-5-11(17)14-12-10(9)6-13-15-12/h1-4,6,9,16H,5H2,(H2,13,14,15,17). The Kier molecular flexibility index (Phi) is 2.11. The zero-order valence-corrected chi connectivity index (χ0v) is 8.97. The van der Waals surface area contributed by atoms with Crippen molar-refractivity contribution in [3.63, 3.8) is 0 Å². The molecular formula is C12H11N3O2. The number of aromatic amines is 1. The molecule has 0 spiro atoms. The second kappa shape index (κ2) is 3.62. The Morgan fingerprint density at radius 1 is 1.29 bits per heavy atom. The summed E-state index contributed by atoms with van der Waals surface area (Å²) in [5, 5.41) is 18.7. The SMILES string of the molecule is O=C1CC(c2ccc(O)cc2)c2cn[nH]c2N1. The van der Waals surface area contributed by atoms with E-state index in [4.69, 9.17) is 0 Å². The third kappa shape index (κ3) is 1.65. The summed E-state index contributed by atoms with van der Waals surface area (Å²) >= 11 is 0. The molecule has 1 aromatic carbocycles. The van der Waals surface area contributed by atoms with Crippen molar-refractivity contribution in [3.05, 3.63) is 41.6 Å². The topological polar surface area (TPSA) is 78.0 Å². The lowest BCUT2D eigenvalue weighted by atomic mass is 9.87. The Bertz CT molecular complexity index is 559. The zero-order valence-electron chi connectivity index (χ0n) is 8.97. The number of phenols is 1. The number of nitrogens with zero attached hydrogens (tertiary/aromatic N) is 1. The lowest BCUT2D eigenvalue weighted by Gasteiger charge is -2.22. The van der Waals surface area contributed by atoms with E-state index in [0.29, 0.717) is 12.2 Å². The third-order valence-corrected chi connectivity index (χ3v) is 2.99. The van der Waals surface area contributed by atoms with Gasteiger partial charge in [0, 0.05) is 17.9 Å². The zero-order chi connectivity index (χ0) is 11.8. The van der Waals surface area contributed by atoms with Crippen molar-refractivity contribution in [2.75, 3.05) is 5.32 Å². The molecule has 1 unspecified atom stereocenters. The average molecular weight is 229 g/mol. The minimum atomic E-state index is -0.0279. The average Bonchev–Trinajstić information content (AvgIpc) is 2.77. The molecule has 0 radical (unpaired) electrons. The van der Waals surface area contributed by atoms with E-state index in [9.17, 15) is 9.90 Å². The van der Waals surface area contributed by atoms with Crippen LogP contribution in [0.5, 0.6) is 5.75 Å². The second-order valence-electron chi connectivity index (χ2n) is 4.10. The van der Waals surface area contributed by atoms with Crippen LogP contribution < -0.4 is 5.32 Å². The first-order valence-electron chi connectivity index (χ1n) is 5.36. The lowest BCUT2D eigenvalue weighted by molar-refractivity contribution is -0.116. The van der Waals surface area contributed by atoms with Crippen LogP contribution in [0, 0.1) is 0 Å². The maximum Gasteiger partial charge on any atom is 0.226 e. The lowest BCUT2D eigenvalue weighted by Crippen LogP contribution is -2.22. The molecule has 0 saturated carbocycles. The van der Waals surface area contributed by atoms with Gasteiger partial charge < -0.3 is 10.4 Å². The molecule has 1 atom stereocenters. The van der Waals surface area contributed by atoms with Crippen molar-refractivity contribution in [2.45, 2.75) is 12.3 Å². The van der Waals surface area contributed by atoms with E-state index in [0.717, 1.165) is 11.1 Å². The summed E-state index contributed by atoms with van der Waals surface area (Å²) in [6.45, 7) is 0. The molecule has 1 aliphatic heterocycles. The molecule has 2 aromatic rings. The Balaban J connectivity index is 2.04. The number of H-pyrrole nitrogens is 1. The van der Waals surface area contributed by atoms with E-state index in [1.165, 1.54) is 0 Å². The first kappa shape index (κ1) is 9.89. The molecule has 86 valence electrons.